The number of carboxylic acid groups (broad SMARTS) is 1. The first-order chi connectivity index (χ1) is 7.58. The van der Waals surface area contributed by atoms with Crippen LogP contribution in [0.25, 0.3) is 0 Å². The van der Waals surface area contributed by atoms with Gasteiger partial charge in [-0.25, -0.2) is 0 Å². The largest absolute Gasteiger partial charge is 0.481 e. The molecule has 0 unspecified atom stereocenters. The van der Waals surface area contributed by atoms with E-state index >= 15 is 0 Å². The molecule has 1 aromatic heterocycles. The first-order valence-corrected chi connectivity index (χ1v) is 5.11. The second kappa shape index (κ2) is 5.89. The number of aromatic amines is 1. The minimum Gasteiger partial charge on any atom is -0.481 e. The third-order valence-electron chi connectivity index (χ3n) is 2.02. The van der Waals surface area contributed by atoms with Gasteiger partial charge in [-0.15, -0.1) is 0 Å². The smallest absolute Gasteiger partial charge is 0.303 e. The van der Waals surface area contributed by atoms with Gasteiger partial charge in [0.25, 0.3) is 0 Å². The van der Waals surface area contributed by atoms with E-state index in [0.717, 1.165) is 5.69 Å². The van der Waals surface area contributed by atoms with Crippen molar-refractivity contribution in [2.24, 2.45) is 0 Å². The van der Waals surface area contributed by atoms with E-state index < -0.39 is 5.97 Å². The number of anilines is 1. The van der Waals surface area contributed by atoms with Crippen molar-refractivity contribution in [3.8, 4) is 0 Å². The fourth-order valence-electron chi connectivity index (χ4n) is 1.25. The van der Waals surface area contributed by atoms with Gasteiger partial charge >= 0.3 is 5.97 Å². The summed E-state index contributed by atoms with van der Waals surface area (Å²) in [7, 11) is 0. The van der Waals surface area contributed by atoms with Crippen molar-refractivity contribution >= 4 is 17.7 Å². The van der Waals surface area contributed by atoms with Crippen LogP contribution in [0.2, 0.25) is 0 Å². The van der Waals surface area contributed by atoms with Crippen molar-refractivity contribution in [3.05, 3.63) is 11.8 Å². The molecule has 0 aromatic carbocycles. The summed E-state index contributed by atoms with van der Waals surface area (Å²) in [4.78, 5) is 21.6. The molecule has 1 amide bonds. The molecule has 0 aliphatic carbocycles. The van der Waals surface area contributed by atoms with Gasteiger partial charge in [-0.05, 0) is 19.8 Å². The number of carboxylic acids is 1. The van der Waals surface area contributed by atoms with Crippen LogP contribution in [0.4, 0.5) is 5.82 Å². The molecule has 3 N–H and O–H groups in total. The van der Waals surface area contributed by atoms with Crippen molar-refractivity contribution in [1.82, 2.24) is 10.2 Å². The third kappa shape index (κ3) is 4.59. The molecule has 0 aliphatic heterocycles. The Kier molecular flexibility index (Phi) is 4.50. The lowest BCUT2D eigenvalue weighted by atomic mass is 10.2. The normalized spacial score (nSPS) is 10.1. The lowest BCUT2D eigenvalue weighted by Crippen LogP contribution is -2.11. The van der Waals surface area contributed by atoms with Crippen LogP contribution in [-0.4, -0.2) is 27.2 Å². The van der Waals surface area contributed by atoms with Gasteiger partial charge in [0.15, 0.2) is 5.82 Å². The zero-order valence-electron chi connectivity index (χ0n) is 9.12. The predicted molar refractivity (Wildman–Crippen MR) is 58.1 cm³/mol. The van der Waals surface area contributed by atoms with Gasteiger partial charge in [0.05, 0.1) is 0 Å². The zero-order valence-corrected chi connectivity index (χ0v) is 9.12. The molecule has 0 bridgehead atoms. The van der Waals surface area contributed by atoms with Crippen molar-refractivity contribution in [2.75, 3.05) is 5.32 Å². The van der Waals surface area contributed by atoms with Crippen LogP contribution < -0.4 is 5.32 Å². The number of amides is 1. The number of H-pyrrole nitrogens is 1. The van der Waals surface area contributed by atoms with E-state index in [-0.39, 0.29) is 12.3 Å². The zero-order chi connectivity index (χ0) is 12.0. The fraction of sp³-hybridized carbons (Fsp3) is 0.500. The second-order valence-electron chi connectivity index (χ2n) is 3.59. The lowest BCUT2D eigenvalue weighted by Gasteiger charge is -2.00. The Morgan fingerprint density at radius 3 is 2.69 bits per heavy atom. The van der Waals surface area contributed by atoms with Gasteiger partial charge in [0.2, 0.25) is 5.91 Å². The molecule has 0 radical (unpaired) electrons. The number of carbonyl (C=O) groups is 2. The summed E-state index contributed by atoms with van der Waals surface area (Å²) in [5.41, 5.74) is 0.876. The summed E-state index contributed by atoms with van der Waals surface area (Å²) in [6.45, 7) is 1.84. The van der Waals surface area contributed by atoms with E-state index in [9.17, 15) is 9.59 Å². The number of hydrogen-bond donors (Lipinski definition) is 3. The van der Waals surface area contributed by atoms with Crippen molar-refractivity contribution in [3.63, 3.8) is 0 Å². The monoisotopic (exact) mass is 225 g/mol. The molecule has 88 valence electrons. The average Bonchev–Trinajstić information content (AvgIpc) is 2.58. The van der Waals surface area contributed by atoms with Crippen LogP contribution in [0.3, 0.4) is 0 Å². The van der Waals surface area contributed by atoms with E-state index in [1.165, 1.54) is 0 Å². The van der Waals surface area contributed by atoms with Crippen molar-refractivity contribution in [2.45, 2.75) is 32.6 Å². The summed E-state index contributed by atoms with van der Waals surface area (Å²) in [6.07, 6.45) is 1.51. The molecule has 0 aliphatic rings. The maximum atomic E-state index is 11.4. The van der Waals surface area contributed by atoms with Gasteiger partial charge in [0.1, 0.15) is 0 Å². The second-order valence-corrected chi connectivity index (χ2v) is 3.59. The highest BCUT2D eigenvalue weighted by Gasteiger charge is 2.05. The summed E-state index contributed by atoms with van der Waals surface area (Å²) in [5, 5.41) is 17.6. The molecule has 1 rings (SSSR count). The quantitative estimate of drug-likeness (QED) is 0.636. The molecule has 1 aromatic rings. The van der Waals surface area contributed by atoms with E-state index in [4.69, 9.17) is 5.11 Å². The number of unbranched alkanes of at least 4 members (excludes halogenated alkanes) is 1. The van der Waals surface area contributed by atoms with E-state index in [1.54, 1.807) is 6.07 Å². The SMILES string of the molecule is Cc1cc(NC(=O)CCCCC(=O)O)n[nH]1. The molecular formula is C10H15N3O3. The Morgan fingerprint density at radius 1 is 1.44 bits per heavy atom. The predicted octanol–water partition coefficient (Wildman–Crippen LogP) is 1.30. The number of aryl methyl sites for hydroxylation is 1. The number of aliphatic carboxylic acids is 1. The summed E-state index contributed by atoms with van der Waals surface area (Å²) in [5.74, 6) is -0.471. The minimum absolute atomic E-state index is 0.106. The number of rotatable bonds is 6. The Bertz CT molecular complexity index is 373. The van der Waals surface area contributed by atoms with E-state index in [2.05, 4.69) is 15.5 Å². The molecule has 6 heteroatoms. The van der Waals surface area contributed by atoms with Gasteiger partial charge in [-0.1, -0.05) is 0 Å². The van der Waals surface area contributed by atoms with Crippen LogP contribution in [0.1, 0.15) is 31.4 Å². The van der Waals surface area contributed by atoms with Gasteiger partial charge < -0.3 is 10.4 Å². The Morgan fingerprint density at radius 2 is 2.12 bits per heavy atom. The van der Waals surface area contributed by atoms with Gasteiger partial charge in [-0.2, -0.15) is 5.10 Å². The van der Waals surface area contributed by atoms with E-state index in [0.29, 0.717) is 25.1 Å². The Balaban J connectivity index is 2.18. The highest BCUT2D eigenvalue weighted by molar-refractivity contribution is 5.89. The molecule has 16 heavy (non-hydrogen) atoms. The average molecular weight is 225 g/mol. The first kappa shape index (κ1) is 12.2. The van der Waals surface area contributed by atoms with Crippen LogP contribution >= 0.6 is 0 Å². The minimum atomic E-state index is -0.830. The number of nitrogens with one attached hydrogen (secondary N) is 2. The molecule has 6 nitrogen and oxygen atoms in total. The number of hydrogen-bond acceptors (Lipinski definition) is 3. The van der Waals surface area contributed by atoms with E-state index in [1.807, 2.05) is 6.92 Å². The Labute approximate surface area is 93.1 Å². The number of nitrogens with zero attached hydrogens (tertiary/aromatic N) is 1. The summed E-state index contributed by atoms with van der Waals surface area (Å²) in [6, 6.07) is 1.73. The van der Waals surface area contributed by atoms with Gasteiger partial charge in [0, 0.05) is 24.6 Å². The molecule has 1 heterocycles. The molecule has 0 saturated carbocycles. The Hall–Kier alpha value is -1.85. The maximum Gasteiger partial charge on any atom is 0.303 e. The molecule has 0 saturated heterocycles. The number of carbonyl (C=O) groups excluding carboxylic acids is 1. The van der Waals surface area contributed by atoms with Crippen LogP contribution in [0.15, 0.2) is 6.07 Å². The fourth-order valence-corrected chi connectivity index (χ4v) is 1.25. The van der Waals surface area contributed by atoms with Crippen molar-refractivity contribution < 1.29 is 14.7 Å². The first-order valence-electron chi connectivity index (χ1n) is 5.11. The topological polar surface area (TPSA) is 95.1 Å². The van der Waals surface area contributed by atoms with Crippen LogP contribution in [0, 0.1) is 6.92 Å². The van der Waals surface area contributed by atoms with Crippen molar-refractivity contribution in [1.29, 1.82) is 0 Å². The molecule has 0 fully saturated rings. The maximum absolute atomic E-state index is 11.4. The van der Waals surface area contributed by atoms with Crippen LogP contribution in [-0.2, 0) is 9.59 Å². The molecule has 0 atom stereocenters. The summed E-state index contributed by atoms with van der Waals surface area (Å²) < 4.78 is 0. The number of aromatic nitrogens is 2. The highest BCUT2D eigenvalue weighted by Crippen LogP contribution is 2.06. The third-order valence-corrected chi connectivity index (χ3v) is 2.02. The molecular weight excluding hydrogens is 210 g/mol. The standard InChI is InChI=1S/C10H15N3O3/c1-7-6-8(13-12-7)11-9(14)4-2-3-5-10(15)16/h6H,2-5H2,1H3,(H,15,16)(H2,11,12,13,14). The highest BCUT2D eigenvalue weighted by atomic mass is 16.4. The summed E-state index contributed by atoms with van der Waals surface area (Å²) >= 11 is 0. The van der Waals surface area contributed by atoms with Gasteiger partial charge in [-0.3, -0.25) is 14.7 Å². The van der Waals surface area contributed by atoms with Crippen LogP contribution in [0.5, 0.6) is 0 Å². The lowest BCUT2D eigenvalue weighted by molar-refractivity contribution is -0.137. The molecule has 0 spiro atoms.